The first kappa shape index (κ1) is 19.2. The van der Waals surface area contributed by atoms with Crippen molar-refractivity contribution in [1.82, 2.24) is 9.62 Å². The number of carbonyl (C=O) groups excluding carboxylic acids is 1. The molecule has 1 fully saturated rings. The van der Waals surface area contributed by atoms with Crippen LogP contribution in [-0.4, -0.2) is 45.5 Å². The zero-order valence-corrected chi connectivity index (χ0v) is 15.5. The molecule has 1 aromatic carbocycles. The summed E-state index contributed by atoms with van der Waals surface area (Å²) in [7, 11) is -2.40. The number of nitrogens with zero attached hydrogens (tertiary/aromatic N) is 2. The summed E-state index contributed by atoms with van der Waals surface area (Å²) in [6, 6.07) is 6.35. The zero-order chi connectivity index (χ0) is 18.6. The number of carbonyl (C=O) groups is 1. The van der Waals surface area contributed by atoms with Crippen molar-refractivity contribution >= 4 is 15.9 Å². The number of hydrogen-bond acceptors (Lipinski definition) is 5. The molecule has 2 rings (SSSR count). The highest BCUT2D eigenvalue weighted by Crippen LogP contribution is 2.26. The number of rotatable bonds is 5. The van der Waals surface area contributed by atoms with Gasteiger partial charge in [-0.15, -0.1) is 0 Å². The van der Waals surface area contributed by atoms with Crippen LogP contribution >= 0.6 is 0 Å². The molecule has 8 heteroatoms. The Labute approximate surface area is 148 Å². The van der Waals surface area contributed by atoms with E-state index in [0.717, 1.165) is 0 Å². The van der Waals surface area contributed by atoms with Crippen molar-refractivity contribution < 1.29 is 17.9 Å². The smallest absolute Gasteiger partial charge is 0.253 e. The minimum Gasteiger partial charge on any atom is -0.495 e. The number of benzene rings is 1. The van der Waals surface area contributed by atoms with E-state index in [-0.39, 0.29) is 28.5 Å². The highest BCUT2D eigenvalue weighted by atomic mass is 32.2. The number of nitrogens with one attached hydrogen (secondary N) is 1. The van der Waals surface area contributed by atoms with Gasteiger partial charge in [0.1, 0.15) is 10.6 Å². The Morgan fingerprint density at radius 3 is 2.52 bits per heavy atom. The molecule has 1 aliphatic rings. The number of amides is 1. The summed E-state index contributed by atoms with van der Waals surface area (Å²) in [5.74, 6) is -0.0703. The molecule has 0 radical (unpaired) electrons. The molecule has 1 N–H and O–H groups in total. The van der Waals surface area contributed by atoms with E-state index in [1.54, 1.807) is 24.8 Å². The van der Waals surface area contributed by atoms with Gasteiger partial charge in [0.05, 0.1) is 13.2 Å². The molecule has 0 bridgehead atoms. The summed E-state index contributed by atoms with van der Waals surface area (Å²) >= 11 is 0. The van der Waals surface area contributed by atoms with E-state index in [0.29, 0.717) is 31.5 Å². The summed E-state index contributed by atoms with van der Waals surface area (Å²) < 4.78 is 32.6. The number of sulfonamides is 1. The van der Waals surface area contributed by atoms with Crippen LogP contribution in [0.2, 0.25) is 0 Å². The Bertz CT molecular complexity index is 776. The first-order chi connectivity index (χ1) is 11.8. The van der Waals surface area contributed by atoms with E-state index < -0.39 is 10.0 Å². The molecule has 0 unspecified atom stereocenters. The number of ether oxygens (including phenoxy) is 1. The third-order valence-electron chi connectivity index (χ3n) is 4.06. The predicted molar refractivity (Wildman–Crippen MR) is 92.7 cm³/mol. The van der Waals surface area contributed by atoms with E-state index in [4.69, 9.17) is 10.00 Å². The molecule has 1 amide bonds. The van der Waals surface area contributed by atoms with E-state index in [1.807, 2.05) is 0 Å². The Kier molecular flexibility index (Phi) is 6.03. The molecular weight excluding hydrogens is 342 g/mol. The van der Waals surface area contributed by atoms with Crippen LogP contribution in [0, 0.1) is 17.2 Å². The number of nitriles is 1. The largest absolute Gasteiger partial charge is 0.495 e. The average molecular weight is 365 g/mol. The molecule has 7 nitrogen and oxygen atoms in total. The SMILES string of the molecule is COc1ccc(C(=O)N2CCC(C#N)CC2)cc1S(=O)(=O)NC(C)C. The molecule has 0 atom stereocenters. The molecule has 1 heterocycles. The standard InChI is InChI=1S/C17H23N3O4S/c1-12(2)19-25(22,23)16-10-14(4-5-15(16)24-3)17(21)20-8-6-13(11-18)7-9-20/h4-5,10,12-13,19H,6-9H2,1-3H3. The second-order valence-electron chi connectivity index (χ2n) is 6.34. The number of piperidine rings is 1. The molecule has 0 aromatic heterocycles. The maximum atomic E-state index is 12.7. The van der Waals surface area contributed by atoms with Crippen molar-refractivity contribution in [1.29, 1.82) is 5.26 Å². The Morgan fingerprint density at radius 1 is 1.36 bits per heavy atom. The van der Waals surface area contributed by atoms with Gasteiger partial charge in [-0.3, -0.25) is 4.79 Å². The van der Waals surface area contributed by atoms with Gasteiger partial charge in [0.15, 0.2) is 0 Å². The molecule has 0 aliphatic carbocycles. The third kappa shape index (κ3) is 4.50. The average Bonchev–Trinajstić information content (AvgIpc) is 2.59. The minimum atomic E-state index is -3.79. The highest BCUT2D eigenvalue weighted by Gasteiger charge is 2.26. The molecule has 1 aliphatic heterocycles. The maximum absolute atomic E-state index is 12.7. The predicted octanol–water partition coefficient (Wildman–Crippen LogP) is 1.76. The van der Waals surface area contributed by atoms with Crippen LogP contribution in [0.25, 0.3) is 0 Å². The van der Waals surface area contributed by atoms with Gasteiger partial charge in [0, 0.05) is 30.6 Å². The van der Waals surface area contributed by atoms with Crippen molar-refractivity contribution in [2.45, 2.75) is 37.6 Å². The van der Waals surface area contributed by atoms with Crippen molar-refractivity contribution in [3.05, 3.63) is 23.8 Å². The lowest BCUT2D eigenvalue weighted by Gasteiger charge is -2.29. The van der Waals surface area contributed by atoms with E-state index in [1.165, 1.54) is 19.2 Å². The summed E-state index contributed by atoms with van der Waals surface area (Å²) in [5, 5.41) is 8.95. The molecule has 0 saturated carbocycles. The van der Waals surface area contributed by atoms with Crippen LogP contribution in [0.1, 0.15) is 37.0 Å². The highest BCUT2D eigenvalue weighted by molar-refractivity contribution is 7.89. The van der Waals surface area contributed by atoms with Crippen LogP contribution in [-0.2, 0) is 10.0 Å². The second-order valence-corrected chi connectivity index (χ2v) is 8.02. The number of hydrogen-bond donors (Lipinski definition) is 1. The lowest BCUT2D eigenvalue weighted by Crippen LogP contribution is -2.38. The quantitative estimate of drug-likeness (QED) is 0.857. The molecule has 136 valence electrons. The molecule has 1 saturated heterocycles. The van der Waals surface area contributed by atoms with Crippen molar-refractivity contribution in [3.63, 3.8) is 0 Å². The lowest BCUT2D eigenvalue weighted by atomic mass is 9.98. The van der Waals surface area contributed by atoms with Crippen LogP contribution < -0.4 is 9.46 Å². The Balaban J connectivity index is 2.30. The van der Waals surface area contributed by atoms with E-state index >= 15 is 0 Å². The van der Waals surface area contributed by atoms with Gasteiger partial charge in [0.25, 0.3) is 5.91 Å². The van der Waals surface area contributed by atoms with Crippen LogP contribution in [0.5, 0.6) is 5.75 Å². The monoisotopic (exact) mass is 365 g/mol. The van der Waals surface area contributed by atoms with Crippen molar-refractivity contribution in [2.75, 3.05) is 20.2 Å². The van der Waals surface area contributed by atoms with E-state index in [2.05, 4.69) is 10.8 Å². The minimum absolute atomic E-state index is 0.0221. The summed E-state index contributed by atoms with van der Waals surface area (Å²) in [4.78, 5) is 14.3. The first-order valence-electron chi connectivity index (χ1n) is 8.17. The Hall–Kier alpha value is -2.11. The zero-order valence-electron chi connectivity index (χ0n) is 14.7. The third-order valence-corrected chi connectivity index (χ3v) is 5.74. The molecule has 1 aromatic rings. The Morgan fingerprint density at radius 2 is 2.00 bits per heavy atom. The van der Waals surface area contributed by atoms with E-state index in [9.17, 15) is 13.2 Å². The normalized spacial score (nSPS) is 15.9. The van der Waals surface area contributed by atoms with Gasteiger partial charge in [-0.05, 0) is 44.9 Å². The number of methoxy groups -OCH3 is 1. The molecule has 25 heavy (non-hydrogen) atoms. The number of likely N-dealkylation sites (tertiary alicyclic amines) is 1. The van der Waals surface area contributed by atoms with Gasteiger partial charge < -0.3 is 9.64 Å². The fraction of sp³-hybridized carbons (Fsp3) is 0.529. The van der Waals surface area contributed by atoms with Gasteiger partial charge in [-0.25, -0.2) is 13.1 Å². The summed E-state index contributed by atoms with van der Waals surface area (Å²) in [6.45, 7) is 4.43. The second kappa shape index (κ2) is 7.85. The van der Waals surface area contributed by atoms with Crippen LogP contribution in [0.3, 0.4) is 0 Å². The van der Waals surface area contributed by atoms with Crippen LogP contribution in [0.4, 0.5) is 0 Å². The van der Waals surface area contributed by atoms with Gasteiger partial charge in [-0.2, -0.15) is 5.26 Å². The summed E-state index contributed by atoms with van der Waals surface area (Å²) in [5.41, 5.74) is 0.292. The van der Waals surface area contributed by atoms with Crippen molar-refractivity contribution in [2.24, 2.45) is 5.92 Å². The molecule has 0 spiro atoms. The maximum Gasteiger partial charge on any atom is 0.253 e. The topological polar surface area (TPSA) is 99.5 Å². The summed E-state index contributed by atoms with van der Waals surface area (Å²) in [6.07, 6.45) is 1.27. The fourth-order valence-electron chi connectivity index (χ4n) is 2.79. The fourth-order valence-corrected chi connectivity index (χ4v) is 4.23. The lowest BCUT2D eigenvalue weighted by molar-refractivity contribution is 0.0707. The van der Waals surface area contributed by atoms with Crippen molar-refractivity contribution in [3.8, 4) is 11.8 Å². The van der Waals surface area contributed by atoms with Crippen LogP contribution in [0.15, 0.2) is 23.1 Å². The van der Waals surface area contributed by atoms with Gasteiger partial charge >= 0.3 is 0 Å². The van der Waals surface area contributed by atoms with Gasteiger partial charge in [-0.1, -0.05) is 0 Å². The molecular formula is C17H23N3O4S. The first-order valence-corrected chi connectivity index (χ1v) is 9.66. The van der Waals surface area contributed by atoms with Gasteiger partial charge in [0.2, 0.25) is 10.0 Å².